The minimum atomic E-state index is 0.296. The molecular weight excluding hydrogens is 216 g/mol. The van der Waals surface area contributed by atoms with E-state index in [1.807, 2.05) is 44.2 Å². The van der Waals surface area contributed by atoms with E-state index in [1.54, 1.807) is 0 Å². The average molecular weight is 232 g/mol. The van der Waals surface area contributed by atoms with E-state index in [-0.39, 0.29) is 0 Å². The lowest BCUT2D eigenvalue weighted by Gasteiger charge is -2.00. The van der Waals surface area contributed by atoms with Crippen LogP contribution in [0.5, 0.6) is 11.5 Å². The lowest BCUT2D eigenvalue weighted by Crippen LogP contribution is -2.05. The number of hydrogen-bond acceptors (Lipinski definition) is 4. The molecule has 0 amide bonds. The third kappa shape index (κ3) is 2.78. The highest BCUT2D eigenvalue weighted by atomic mass is 16.7. The molecule has 1 N–H and O–H groups in total. The van der Waals surface area contributed by atoms with E-state index < -0.39 is 0 Å². The van der Waals surface area contributed by atoms with Crippen molar-refractivity contribution in [3.05, 3.63) is 29.8 Å². The van der Waals surface area contributed by atoms with Crippen molar-refractivity contribution < 1.29 is 9.47 Å². The van der Waals surface area contributed by atoms with Crippen LogP contribution in [0.3, 0.4) is 0 Å². The van der Waals surface area contributed by atoms with Gasteiger partial charge in [-0.15, -0.1) is 0 Å². The Kier molecular flexibility index (Phi) is 3.65. The zero-order valence-corrected chi connectivity index (χ0v) is 10.1. The number of rotatable bonds is 4. The molecule has 0 radical (unpaired) electrons. The van der Waals surface area contributed by atoms with Crippen molar-refractivity contribution in [3.8, 4) is 11.5 Å². The van der Waals surface area contributed by atoms with Gasteiger partial charge in [0.25, 0.3) is 0 Å². The quantitative estimate of drug-likeness (QED) is 0.640. The normalized spacial score (nSPS) is 14.4. The smallest absolute Gasteiger partial charge is 0.231 e. The Balaban J connectivity index is 2.14. The molecule has 17 heavy (non-hydrogen) atoms. The van der Waals surface area contributed by atoms with Crippen LogP contribution in [0.4, 0.5) is 0 Å². The first kappa shape index (κ1) is 11.5. The van der Waals surface area contributed by atoms with Crippen LogP contribution in [-0.2, 0) is 0 Å². The van der Waals surface area contributed by atoms with Gasteiger partial charge in [-0.05, 0) is 32.1 Å². The molecule has 0 saturated carbocycles. The fraction of sp³-hybridized carbons (Fsp3) is 0.308. The van der Waals surface area contributed by atoms with Gasteiger partial charge in [0.15, 0.2) is 11.5 Å². The number of hydrazone groups is 1. The molecule has 1 aliphatic rings. The summed E-state index contributed by atoms with van der Waals surface area (Å²) in [5, 5.41) is 4.16. The van der Waals surface area contributed by atoms with E-state index in [1.165, 1.54) is 0 Å². The number of fused-ring (bicyclic) bond motifs is 1. The lowest BCUT2D eigenvalue weighted by atomic mass is 10.1. The van der Waals surface area contributed by atoms with E-state index >= 15 is 0 Å². The van der Waals surface area contributed by atoms with E-state index in [4.69, 9.17) is 9.47 Å². The Hall–Kier alpha value is -1.97. The number of nitrogens with one attached hydrogen (secondary N) is 1. The van der Waals surface area contributed by atoms with Gasteiger partial charge in [-0.25, -0.2) is 0 Å². The highest BCUT2D eigenvalue weighted by Crippen LogP contribution is 2.35. The van der Waals surface area contributed by atoms with Crippen LogP contribution in [0.2, 0.25) is 0 Å². The second-order valence-electron chi connectivity index (χ2n) is 3.68. The first-order valence-electron chi connectivity index (χ1n) is 5.65. The summed E-state index contributed by atoms with van der Waals surface area (Å²) in [5.41, 5.74) is 4.84. The topological polar surface area (TPSA) is 42.9 Å². The molecule has 1 aromatic rings. The van der Waals surface area contributed by atoms with Crippen LogP contribution in [0.1, 0.15) is 19.4 Å². The van der Waals surface area contributed by atoms with Crippen molar-refractivity contribution >= 4 is 11.8 Å². The molecule has 2 rings (SSSR count). The van der Waals surface area contributed by atoms with Gasteiger partial charge >= 0.3 is 0 Å². The van der Waals surface area contributed by atoms with E-state index in [0.29, 0.717) is 6.79 Å². The maximum absolute atomic E-state index is 5.41. The highest BCUT2D eigenvalue weighted by Gasteiger charge is 2.15. The summed E-state index contributed by atoms with van der Waals surface area (Å²) < 4.78 is 10.7. The first-order chi connectivity index (χ1) is 8.31. The Morgan fingerprint density at radius 3 is 3.18 bits per heavy atom. The monoisotopic (exact) mass is 232 g/mol. The molecule has 0 unspecified atom stereocenters. The second kappa shape index (κ2) is 5.39. The zero-order chi connectivity index (χ0) is 12.1. The highest BCUT2D eigenvalue weighted by molar-refractivity contribution is 5.96. The fourth-order valence-electron chi connectivity index (χ4n) is 1.54. The predicted molar refractivity (Wildman–Crippen MR) is 68.4 cm³/mol. The molecule has 4 heteroatoms. The summed E-state index contributed by atoms with van der Waals surface area (Å²) in [6.07, 6.45) is 3.92. The van der Waals surface area contributed by atoms with Crippen molar-refractivity contribution in [1.82, 2.24) is 5.43 Å². The van der Waals surface area contributed by atoms with Crippen LogP contribution in [0.25, 0.3) is 6.08 Å². The largest absolute Gasteiger partial charge is 0.454 e. The van der Waals surface area contributed by atoms with Crippen LogP contribution in [-0.4, -0.2) is 19.0 Å². The van der Waals surface area contributed by atoms with Crippen LogP contribution in [0, 0.1) is 0 Å². The maximum atomic E-state index is 5.41. The Morgan fingerprint density at radius 2 is 2.35 bits per heavy atom. The van der Waals surface area contributed by atoms with Crippen molar-refractivity contribution in [1.29, 1.82) is 0 Å². The van der Waals surface area contributed by atoms with Crippen molar-refractivity contribution in [2.45, 2.75) is 13.8 Å². The molecule has 0 bridgehead atoms. The average Bonchev–Trinajstić information content (AvgIpc) is 2.82. The number of allylic oxidation sites excluding steroid dienone is 1. The van der Waals surface area contributed by atoms with E-state index in [9.17, 15) is 0 Å². The molecule has 1 aromatic carbocycles. The number of ether oxygens (including phenoxy) is 2. The van der Waals surface area contributed by atoms with Crippen LogP contribution >= 0.6 is 0 Å². The molecule has 0 saturated heterocycles. The molecule has 1 aliphatic heterocycles. The fourth-order valence-corrected chi connectivity index (χ4v) is 1.54. The second-order valence-corrected chi connectivity index (χ2v) is 3.68. The summed E-state index contributed by atoms with van der Waals surface area (Å²) in [6.45, 7) is 5.07. The Morgan fingerprint density at radius 1 is 1.47 bits per heavy atom. The number of benzene rings is 1. The van der Waals surface area contributed by atoms with Crippen LogP contribution < -0.4 is 14.9 Å². The summed E-state index contributed by atoms with van der Waals surface area (Å²) >= 11 is 0. The Bertz CT molecular complexity index is 453. The third-order valence-electron chi connectivity index (χ3n) is 2.34. The van der Waals surface area contributed by atoms with Gasteiger partial charge in [-0.1, -0.05) is 12.1 Å². The molecule has 1 heterocycles. The van der Waals surface area contributed by atoms with Gasteiger partial charge in [-0.2, -0.15) is 5.10 Å². The molecular formula is C13H16N2O2. The first-order valence-corrected chi connectivity index (χ1v) is 5.65. The molecule has 90 valence electrons. The van der Waals surface area contributed by atoms with E-state index in [0.717, 1.165) is 29.3 Å². The van der Waals surface area contributed by atoms with E-state index in [2.05, 4.69) is 10.5 Å². The summed E-state index contributed by atoms with van der Waals surface area (Å²) in [7, 11) is 0. The zero-order valence-electron chi connectivity index (χ0n) is 10.1. The molecule has 0 aromatic heterocycles. The molecule has 0 aliphatic carbocycles. The molecule has 4 nitrogen and oxygen atoms in total. The number of hydrogen-bond donors (Lipinski definition) is 1. The Labute approximate surface area is 101 Å². The van der Waals surface area contributed by atoms with Gasteiger partial charge < -0.3 is 14.9 Å². The lowest BCUT2D eigenvalue weighted by molar-refractivity contribution is 0.174. The standard InChI is InChI=1S/C13H16N2O2/c1-3-14-15-10(2)7-8-11-5-4-6-12-13(11)17-9-16-12/h4-8,14H,3,9H2,1-2H3/b8-7+,15-10+. The van der Waals surface area contributed by atoms with Gasteiger partial charge in [0.2, 0.25) is 6.79 Å². The van der Waals surface area contributed by atoms with Gasteiger partial charge in [0, 0.05) is 12.1 Å². The summed E-state index contributed by atoms with van der Waals surface area (Å²) in [5.74, 6) is 1.61. The van der Waals surface area contributed by atoms with Gasteiger partial charge in [-0.3, -0.25) is 0 Å². The summed E-state index contributed by atoms with van der Waals surface area (Å²) in [4.78, 5) is 0. The summed E-state index contributed by atoms with van der Waals surface area (Å²) in [6, 6.07) is 5.84. The van der Waals surface area contributed by atoms with Crippen molar-refractivity contribution in [3.63, 3.8) is 0 Å². The SMILES string of the molecule is CCN/N=C(C)/C=C/c1cccc2c1OCO2. The van der Waals surface area contributed by atoms with Crippen molar-refractivity contribution in [2.24, 2.45) is 5.10 Å². The van der Waals surface area contributed by atoms with Gasteiger partial charge in [0.1, 0.15) is 0 Å². The van der Waals surface area contributed by atoms with Crippen LogP contribution in [0.15, 0.2) is 29.4 Å². The number of para-hydroxylation sites is 1. The third-order valence-corrected chi connectivity index (χ3v) is 2.34. The van der Waals surface area contributed by atoms with Crippen molar-refractivity contribution in [2.75, 3.05) is 13.3 Å². The molecule has 0 atom stereocenters. The minimum absolute atomic E-state index is 0.296. The number of nitrogens with zero attached hydrogens (tertiary/aromatic N) is 1. The van der Waals surface area contributed by atoms with Gasteiger partial charge in [0.05, 0.1) is 5.71 Å². The minimum Gasteiger partial charge on any atom is -0.454 e. The maximum Gasteiger partial charge on any atom is 0.231 e. The molecule has 0 spiro atoms. The predicted octanol–water partition coefficient (Wildman–Crippen LogP) is 2.41. The molecule has 0 fully saturated rings.